The fourth-order valence-electron chi connectivity index (χ4n) is 2.52. The summed E-state index contributed by atoms with van der Waals surface area (Å²) in [6.07, 6.45) is 1.64. The Morgan fingerprint density at radius 3 is 2.88 bits per heavy atom. The molecule has 0 aliphatic carbocycles. The predicted molar refractivity (Wildman–Crippen MR) is 85.5 cm³/mol. The van der Waals surface area contributed by atoms with Gasteiger partial charge in [0.1, 0.15) is 17.3 Å². The van der Waals surface area contributed by atoms with Gasteiger partial charge in [0.05, 0.1) is 12.2 Å². The van der Waals surface area contributed by atoms with Crippen LogP contribution in [0.25, 0.3) is 0 Å². The van der Waals surface area contributed by atoms with Crippen LogP contribution in [0.1, 0.15) is 32.0 Å². The fourth-order valence-corrected chi connectivity index (χ4v) is 2.52. The first kappa shape index (κ1) is 16.8. The molecule has 0 saturated heterocycles. The summed E-state index contributed by atoms with van der Waals surface area (Å²) in [5.74, 6) is -0.784. The Morgan fingerprint density at radius 1 is 1.32 bits per heavy atom. The maximum Gasteiger partial charge on any atom is 0.269 e. The molecule has 0 fully saturated rings. The lowest BCUT2D eigenvalue weighted by molar-refractivity contribution is -0.0172. The molecule has 7 nitrogen and oxygen atoms in total. The first-order valence-corrected chi connectivity index (χ1v) is 7.60. The highest BCUT2D eigenvalue weighted by Gasteiger charge is 2.17. The van der Waals surface area contributed by atoms with Crippen LogP contribution in [0.2, 0.25) is 0 Å². The third-order valence-electron chi connectivity index (χ3n) is 3.71. The number of aromatic nitrogens is 1. The van der Waals surface area contributed by atoms with Crippen LogP contribution in [0, 0.1) is 5.82 Å². The number of halogens is 1. The highest BCUT2D eigenvalue weighted by atomic mass is 19.1. The van der Waals surface area contributed by atoms with E-state index in [4.69, 9.17) is 15.2 Å². The second-order valence-electron chi connectivity index (χ2n) is 5.47. The van der Waals surface area contributed by atoms with E-state index in [0.717, 1.165) is 0 Å². The molecule has 1 aliphatic heterocycles. The molecule has 2 amide bonds. The Bertz CT molecular complexity index is 808. The topological polar surface area (TPSA) is 104 Å². The molecule has 3 N–H and O–H groups in total. The number of amides is 2. The van der Waals surface area contributed by atoms with E-state index in [9.17, 15) is 14.0 Å². The molecule has 3 rings (SSSR count). The molecule has 1 aromatic heterocycles. The third kappa shape index (κ3) is 3.92. The minimum atomic E-state index is -0.612. The van der Waals surface area contributed by atoms with Gasteiger partial charge in [-0.3, -0.25) is 14.6 Å². The summed E-state index contributed by atoms with van der Waals surface area (Å²) in [5, 5.41) is 2.70. The van der Waals surface area contributed by atoms with E-state index in [1.165, 1.54) is 30.5 Å². The summed E-state index contributed by atoms with van der Waals surface area (Å²) in [6.45, 7) is 0.689. The van der Waals surface area contributed by atoms with Crippen LogP contribution in [0.15, 0.2) is 30.5 Å². The van der Waals surface area contributed by atoms with Gasteiger partial charge in [-0.15, -0.1) is 0 Å². The number of hydrogen-bond donors (Lipinski definition) is 2. The third-order valence-corrected chi connectivity index (χ3v) is 3.71. The van der Waals surface area contributed by atoms with Crippen LogP contribution in [0.5, 0.6) is 5.75 Å². The summed E-state index contributed by atoms with van der Waals surface area (Å²) in [5.41, 5.74) is 6.82. The van der Waals surface area contributed by atoms with E-state index in [-0.39, 0.29) is 30.4 Å². The van der Waals surface area contributed by atoms with E-state index >= 15 is 0 Å². The van der Waals surface area contributed by atoms with Crippen molar-refractivity contribution < 1.29 is 23.5 Å². The molecule has 0 bridgehead atoms. The van der Waals surface area contributed by atoms with Gasteiger partial charge in [0.25, 0.3) is 5.91 Å². The van der Waals surface area contributed by atoms with Crippen molar-refractivity contribution in [2.24, 2.45) is 5.73 Å². The van der Waals surface area contributed by atoms with Crippen LogP contribution >= 0.6 is 0 Å². The maximum absolute atomic E-state index is 13.7. The number of hydrogen-bond acceptors (Lipinski definition) is 5. The van der Waals surface area contributed by atoms with Crippen molar-refractivity contribution in [2.45, 2.75) is 13.0 Å². The number of primary amides is 1. The summed E-state index contributed by atoms with van der Waals surface area (Å²) in [7, 11) is 0. The number of nitrogens with zero attached hydrogens (tertiary/aromatic N) is 1. The minimum absolute atomic E-state index is 0.119. The summed E-state index contributed by atoms with van der Waals surface area (Å²) in [4.78, 5) is 26.9. The van der Waals surface area contributed by atoms with Crippen molar-refractivity contribution in [1.29, 1.82) is 0 Å². The fraction of sp³-hybridized carbons (Fsp3) is 0.235. The number of pyridine rings is 1. The van der Waals surface area contributed by atoms with Crippen molar-refractivity contribution in [1.82, 2.24) is 10.3 Å². The smallest absolute Gasteiger partial charge is 0.269 e. The summed E-state index contributed by atoms with van der Waals surface area (Å²) in [6, 6.07) is 5.61. The molecule has 130 valence electrons. The van der Waals surface area contributed by atoms with Crippen LogP contribution in [0.3, 0.4) is 0 Å². The van der Waals surface area contributed by atoms with Gasteiger partial charge in [0.15, 0.2) is 6.79 Å². The Hall–Kier alpha value is -3.00. The first-order chi connectivity index (χ1) is 12.0. The van der Waals surface area contributed by atoms with Crippen LogP contribution < -0.4 is 15.8 Å². The van der Waals surface area contributed by atoms with Crippen molar-refractivity contribution in [3.8, 4) is 5.75 Å². The molecule has 0 spiro atoms. The molecule has 0 radical (unpaired) electrons. The van der Waals surface area contributed by atoms with Crippen molar-refractivity contribution >= 4 is 11.8 Å². The van der Waals surface area contributed by atoms with E-state index in [1.54, 1.807) is 0 Å². The number of ether oxygens (including phenoxy) is 2. The van der Waals surface area contributed by atoms with Gasteiger partial charge in [0.2, 0.25) is 5.91 Å². The number of fused-ring (bicyclic) bond motifs is 1. The second-order valence-corrected chi connectivity index (χ2v) is 5.47. The Kier molecular flexibility index (Phi) is 4.90. The lowest BCUT2D eigenvalue weighted by Crippen LogP contribution is -2.27. The molecule has 0 atom stereocenters. The quantitative estimate of drug-likeness (QED) is 0.846. The molecule has 1 aliphatic rings. The average molecular weight is 345 g/mol. The number of benzene rings is 1. The van der Waals surface area contributed by atoms with E-state index < -0.39 is 11.8 Å². The zero-order valence-electron chi connectivity index (χ0n) is 13.3. The van der Waals surface area contributed by atoms with E-state index in [2.05, 4.69) is 10.3 Å². The minimum Gasteiger partial charge on any atom is -0.467 e. The molecule has 1 aromatic carbocycles. The lowest BCUT2D eigenvalue weighted by Gasteiger charge is -2.20. The molecule has 25 heavy (non-hydrogen) atoms. The Labute approximate surface area is 142 Å². The lowest BCUT2D eigenvalue weighted by atomic mass is 10.1. The first-order valence-electron chi connectivity index (χ1n) is 7.60. The Balaban J connectivity index is 1.62. The van der Waals surface area contributed by atoms with Gasteiger partial charge in [0, 0.05) is 18.3 Å². The van der Waals surface area contributed by atoms with Gasteiger partial charge in [-0.2, -0.15) is 0 Å². The van der Waals surface area contributed by atoms with E-state index in [1.807, 2.05) is 0 Å². The zero-order chi connectivity index (χ0) is 17.8. The normalized spacial score (nSPS) is 12.8. The number of nitrogens with two attached hydrogens (primary N) is 1. The van der Waals surface area contributed by atoms with Gasteiger partial charge in [-0.1, -0.05) is 0 Å². The van der Waals surface area contributed by atoms with Crippen molar-refractivity contribution in [3.05, 3.63) is 58.7 Å². The molecule has 0 unspecified atom stereocenters. The number of carbonyl (C=O) groups is 2. The predicted octanol–water partition coefficient (Wildman–Crippen LogP) is 1.16. The van der Waals surface area contributed by atoms with Crippen LogP contribution in [0.4, 0.5) is 4.39 Å². The molecule has 8 heteroatoms. The maximum atomic E-state index is 13.7. The summed E-state index contributed by atoms with van der Waals surface area (Å²) >= 11 is 0. The highest BCUT2D eigenvalue weighted by molar-refractivity contribution is 5.95. The summed E-state index contributed by atoms with van der Waals surface area (Å²) < 4.78 is 24.2. The molecule has 2 heterocycles. The standard InChI is InChI=1S/C17H16FN3O4/c18-13-5-10(15-12(6-13)8-24-9-25-15)3-4-20-17(23)14-2-1-11(7-21-14)16(19)22/h1-2,5-7H,3-4,8-9H2,(H2,19,22)(H,20,23). The Morgan fingerprint density at radius 2 is 2.16 bits per heavy atom. The average Bonchev–Trinajstić information content (AvgIpc) is 2.61. The molecular weight excluding hydrogens is 329 g/mol. The van der Waals surface area contributed by atoms with Crippen molar-refractivity contribution in [3.63, 3.8) is 0 Å². The van der Waals surface area contributed by atoms with Crippen LogP contribution in [-0.2, 0) is 17.8 Å². The monoisotopic (exact) mass is 345 g/mol. The van der Waals surface area contributed by atoms with E-state index in [0.29, 0.717) is 29.9 Å². The molecule has 2 aromatic rings. The zero-order valence-corrected chi connectivity index (χ0v) is 13.3. The van der Waals surface area contributed by atoms with Gasteiger partial charge in [-0.25, -0.2) is 4.39 Å². The van der Waals surface area contributed by atoms with Gasteiger partial charge < -0.3 is 20.5 Å². The highest BCUT2D eigenvalue weighted by Crippen LogP contribution is 2.29. The number of nitrogens with one attached hydrogen (secondary N) is 1. The second kappa shape index (κ2) is 7.27. The number of rotatable bonds is 5. The SMILES string of the molecule is NC(=O)c1ccc(C(=O)NCCc2cc(F)cc3c2OCOC3)nc1. The van der Waals surface area contributed by atoms with Gasteiger partial charge in [-0.05, 0) is 36.2 Å². The molecular formula is C17H16FN3O4. The molecule has 0 saturated carbocycles. The van der Waals surface area contributed by atoms with Gasteiger partial charge >= 0.3 is 0 Å². The largest absolute Gasteiger partial charge is 0.467 e. The number of carbonyl (C=O) groups excluding carboxylic acids is 2. The van der Waals surface area contributed by atoms with Crippen molar-refractivity contribution in [2.75, 3.05) is 13.3 Å². The van der Waals surface area contributed by atoms with Crippen LogP contribution in [-0.4, -0.2) is 30.1 Å².